The molecule has 0 aliphatic heterocycles. The van der Waals surface area contributed by atoms with Crippen LogP contribution in [0, 0.1) is 11.3 Å². The molecule has 0 saturated carbocycles. The van der Waals surface area contributed by atoms with Crippen molar-refractivity contribution in [3.8, 4) is 6.07 Å². The maximum absolute atomic E-state index is 8.32. The molecule has 0 aliphatic rings. The molecule has 0 bridgehead atoms. The van der Waals surface area contributed by atoms with Gasteiger partial charge in [-0.3, -0.25) is 0 Å². The van der Waals surface area contributed by atoms with Crippen LogP contribution in [-0.4, -0.2) is 6.54 Å². The first-order chi connectivity index (χ1) is 6.36. The first-order valence-corrected chi connectivity index (χ1v) is 5.33. The van der Waals surface area contributed by atoms with Gasteiger partial charge in [-0.2, -0.15) is 5.26 Å². The van der Waals surface area contributed by atoms with Crippen LogP contribution >= 0.6 is 11.3 Å². The smallest absolute Gasteiger partial charge is 0.0635 e. The molecule has 13 heavy (non-hydrogen) atoms. The summed E-state index contributed by atoms with van der Waals surface area (Å²) in [6.45, 7) is 3.85. The van der Waals surface area contributed by atoms with Crippen molar-refractivity contribution in [1.82, 2.24) is 5.32 Å². The molecule has 1 aromatic rings. The molecule has 70 valence electrons. The van der Waals surface area contributed by atoms with E-state index in [1.165, 1.54) is 9.75 Å². The fraction of sp³-hybridized carbons (Fsp3) is 0.500. The molecule has 0 saturated heterocycles. The Morgan fingerprint density at radius 3 is 2.85 bits per heavy atom. The van der Waals surface area contributed by atoms with Crippen LogP contribution in [0.15, 0.2) is 12.1 Å². The minimum atomic E-state index is 0.589. The maximum Gasteiger partial charge on any atom is 0.0635 e. The molecule has 0 atom stereocenters. The molecule has 0 spiro atoms. The first kappa shape index (κ1) is 10.2. The van der Waals surface area contributed by atoms with Crippen molar-refractivity contribution in [1.29, 1.82) is 5.26 Å². The highest BCUT2D eigenvalue weighted by molar-refractivity contribution is 7.11. The van der Waals surface area contributed by atoms with Crippen LogP contribution in [0.2, 0.25) is 0 Å². The number of thiophene rings is 1. The topological polar surface area (TPSA) is 35.8 Å². The van der Waals surface area contributed by atoms with Crippen molar-refractivity contribution in [3.05, 3.63) is 21.9 Å². The van der Waals surface area contributed by atoms with Gasteiger partial charge in [0.1, 0.15) is 0 Å². The van der Waals surface area contributed by atoms with Gasteiger partial charge in [0.25, 0.3) is 0 Å². The number of aryl methyl sites for hydroxylation is 1. The summed E-state index contributed by atoms with van der Waals surface area (Å²) >= 11 is 1.85. The second-order valence-corrected chi connectivity index (χ2v) is 4.06. The normalized spacial score (nSPS) is 9.85. The summed E-state index contributed by atoms with van der Waals surface area (Å²) in [4.78, 5) is 2.78. The summed E-state index contributed by atoms with van der Waals surface area (Å²) in [6, 6.07) is 6.44. The number of rotatable bonds is 5. The van der Waals surface area contributed by atoms with Gasteiger partial charge in [0.2, 0.25) is 0 Å². The highest BCUT2D eigenvalue weighted by atomic mass is 32.1. The molecule has 1 rings (SSSR count). The van der Waals surface area contributed by atoms with Crippen molar-refractivity contribution < 1.29 is 0 Å². The minimum absolute atomic E-state index is 0.589. The molecule has 0 fully saturated rings. The highest BCUT2D eigenvalue weighted by Gasteiger charge is 1.96. The van der Waals surface area contributed by atoms with Gasteiger partial charge in [0.15, 0.2) is 0 Å². The zero-order valence-electron chi connectivity index (χ0n) is 7.84. The van der Waals surface area contributed by atoms with E-state index in [0.29, 0.717) is 6.42 Å². The third-order valence-corrected chi connectivity index (χ3v) is 3.01. The lowest BCUT2D eigenvalue weighted by molar-refractivity contribution is 0.706. The summed E-state index contributed by atoms with van der Waals surface area (Å²) in [5.74, 6) is 0. The second kappa shape index (κ2) is 5.74. The summed E-state index contributed by atoms with van der Waals surface area (Å²) in [5, 5.41) is 11.5. The largest absolute Gasteiger partial charge is 0.311 e. The van der Waals surface area contributed by atoms with E-state index in [0.717, 1.165) is 19.5 Å². The van der Waals surface area contributed by atoms with Gasteiger partial charge in [-0.05, 0) is 18.6 Å². The van der Waals surface area contributed by atoms with E-state index in [1.54, 1.807) is 0 Å². The Kier molecular flexibility index (Phi) is 4.52. The molecule has 0 radical (unpaired) electrons. The van der Waals surface area contributed by atoms with E-state index in [2.05, 4.69) is 30.4 Å². The summed E-state index contributed by atoms with van der Waals surface area (Å²) in [7, 11) is 0. The lowest BCUT2D eigenvalue weighted by atomic mass is 10.3. The molecule has 0 aromatic carbocycles. The SMILES string of the molecule is CCc1ccc(CNCCC#N)s1. The van der Waals surface area contributed by atoms with Crippen LogP contribution in [0.4, 0.5) is 0 Å². The number of nitriles is 1. The lowest BCUT2D eigenvalue weighted by Gasteiger charge is -1.97. The molecule has 1 aromatic heterocycles. The number of nitrogens with zero attached hydrogens (tertiary/aromatic N) is 1. The highest BCUT2D eigenvalue weighted by Crippen LogP contribution is 2.16. The van der Waals surface area contributed by atoms with Crippen molar-refractivity contribution in [2.24, 2.45) is 0 Å². The fourth-order valence-corrected chi connectivity index (χ4v) is 1.99. The Balaban J connectivity index is 2.25. The predicted octanol–water partition coefficient (Wildman–Crippen LogP) is 2.31. The minimum Gasteiger partial charge on any atom is -0.311 e. The zero-order chi connectivity index (χ0) is 9.52. The molecule has 0 unspecified atom stereocenters. The first-order valence-electron chi connectivity index (χ1n) is 4.52. The molecular weight excluding hydrogens is 180 g/mol. The van der Waals surface area contributed by atoms with E-state index in [9.17, 15) is 0 Å². The molecule has 0 amide bonds. The van der Waals surface area contributed by atoms with Gasteiger partial charge >= 0.3 is 0 Å². The molecule has 2 nitrogen and oxygen atoms in total. The van der Waals surface area contributed by atoms with Gasteiger partial charge in [-0.25, -0.2) is 0 Å². The number of nitrogens with one attached hydrogen (secondary N) is 1. The van der Waals surface area contributed by atoms with Crippen LogP contribution < -0.4 is 5.32 Å². The monoisotopic (exact) mass is 194 g/mol. The van der Waals surface area contributed by atoms with Crippen LogP contribution in [0.1, 0.15) is 23.1 Å². The molecule has 3 heteroatoms. The third-order valence-electron chi connectivity index (χ3n) is 1.78. The average molecular weight is 194 g/mol. The second-order valence-electron chi connectivity index (χ2n) is 2.81. The van der Waals surface area contributed by atoms with Gasteiger partial charge in [0.05, 0.1) is 6.07 Å². The van der Waals surface area contributed by atoms with Crippen LogP contribution in [0.25, 0.3) is 0 Å². The summed E-state index contributed by atoms with van der Waals surface area (Å²) < 4.78 is 0. The Labute approximate surface area is 83.2 Å². The van der Waals surface area contributed by atoms with Crippen molar-refractivity contribution in [2.45, 2.75) is 26.3 Å². The standard InChI is InChI=1S/C10H14N2S/c1-2-9-4-5-10(13-9)8-12-7-3-6-11/h4-5,12H,2-3,7-8H2,1H3. The van der Waals surface area contributed by atoms with Crippen LogP contribution in [0.3, 0.4) is 0 Å². The van der Waals surface area contributed by atoms with E-state index in [1.807, 2.05) is 11.3 Å². The summed E-state index contributed by atoms with van der Waals surface area (Å²) in [5.41, 5.74) is 0. The van der Waals surface area contributed by atoms with E-state index < -0.39 is 0 Å². The lowest BCUT2D eigenvalue weighted by Crippen LogP contribution is -2.12. The average Bonchev–Trinajstić information content (AvgIpc) is 2.60. The van der Waals surface area contributed by atoms with Crippen molar-refractivity contribution >= 4 is 11.3 Å². The van der Waals surface area contributed by atoms with Crippen LogP contribution in [0.5, 0.6) is 0 Å². The Hall–Kier alpha value is -0.850. The number of hydrogen-bond donors (Lipinski definition) is 1. The third kappa shape index (κ3) is 3.58. The molecule has 0 aliphatic carbocycles. The Morgan fingerprint density at radius 1 is 1.46 bits per heavy atom. The fourth-order valence-electron chi connectivity index (χ4n) is 1.06. The zero-order valence-corrected chi connectivity index (χ0v) is 8.66. The van der Waals surface area contributed by atoms with E-state index in [4.69, 9.17) is 5.26 Å². The van der Waals surface area contributed by atoms with E-state index >= 15 is 0 Å². The van der Waals surface area contributed by atoms with Crippen molar-refractivity contribution in [2.75, 3.05) is 6.54 Å². The Morgan fingerprint density at radius 2 is 2.23 bits per heavy atom. The van der Waals surface area contributed by atoms with Gasteiger partial charge in [-0.15, -0.1) is 11.3 Å². The number of hydrogen-bond acceptors (Lipinski definition) is 3. The Bertz CT molecular complexity index is 285. The maximum atomic E-state index is 8.32. The summed E-state index contributed by atoms with van der Waals surface area (Å²) in [6.07, 6.45) is 1.70. The quantitative estimate of drug-likeness (QED) is 0.730. The molecule has 1 N–H and O–H groups in total. The predicted molar refractivity (Wildman–Crippen MR) is 55.6 cm³/mol. The van der Waals surface area contributed by atoms with E-state index in [-0.39, 0.29) is 0 Å². The molecule has 1 heterocycles. The van der Waals surface area contributed by atoms with Gasteiger partial charge in [0, 0.05) is 29.3 Å². The van der Waals surface area contributed by atoms with Crippen LogP contribution in [-0.2, 0) is 13.0 Å². The van der Waals surface area contributed by atoms with Gasteiger partial charge < -0.3 is 5.32 Å². The van der Waals surface area contributed by atoms with Crippen molar-refractivity contribution in [3.63, 3.8) is 0 Å². The van der Waals surface area contributed by atoms with Gasteiger partial charge in [-0.1, -0.05) is 6.92 Å². The molecular formula is C10H14N2S.